The average molecular weight is 434 g/mol. The van der Waals surface area contributed by atoms with Gasteiger partial charge in [-0.15, -0.1) is 0 Å². The van der Waals surface area contributed by atoms with E-state index >= 15 is 0 Å². The van der Waals surface area contributed by atoms with Crippen molar-refractivity contribution in [3.8, 4) is 0 Å². The van der Waals surface area contributed by atoms with E-state index in [1.54, 1.807) is 32.8 Å². The monoisotopic (exact) mass is 434 g/mol. The summed E-state index contributed by atoms with van der Waals surface area (Å²) in [6.45, 7) is 3.25. The maximum Gasteiger partial charge on any atom is 0.335 e. The zero-order valence-electron chi connectivity index (χ0n) is 18.2. The number of amides is 2. The van der Waals surface area contributed by atoms with E-state index in [0.717, 1.165) is 10.9 Å². The summed E-state index contributed by atoms with van der Waals surface area (Å²) < 4.78 is 1.76. The van der Waals surface area contributed by atoms with Crippen molar-refractivity contribution in [3.63, 3.8) is 0 Å². The van der Waals surface area contributed by atoms with Crippen LogP contribution in [-0.2, 0) is 7.05 Å². The van der Waals surface area contributed by atoms with Crippen molar-refractivity contribution in [2.45, 2.75) is 19.8 Å². The largest absolute Gasteiger partial charge is 0.478 e. The Balaban J connectivity index is 1.43. The van der Waals surface area contributed by atoms with Crippen LogP contribution in [0.5, 0.6) is 0 Å². The molecular weight excluding hydrogens is 408 g/mol. The Bertz CT molecular complexity index is 1180. The van der Waals surface area contributed by atoms with Crippen molar-refractivity contribution in [3.05, 3.63) is 59.8 Å². The number of aromatic nitrogens is 2. The highest BCUT2D eigenvalue weighted by molar-refractivity contribution is 6.01. The highest BCUT2D eigenvalue weighted by atomic mass is 16.4. The summed E-state index contributed by atoms with van der Waals surface area (Å²) in [4.78, 5) is 40.8. The predicted octanol–water partition coefficient (Wildman–Crippen LogP) is 3.81. The fourth-order valence-electron chi connectivity index (χ4n) is 4.27. The minimum atomic E-state index is -1.03. The first-order chi connectivity index (χ1) is 15.4. The van der Waals surface area contributed by atoms with Crippen LogP contribution in [0.3, 0.4) is 0 Å². The van der Waals surface area contributed by atoms with Crippen LogP contribution < -0.4 is 4.90 Å². The molecular formula is C24H26N4O4. The first-order valence-corrected chi connectivity index (χ1v) is 10.7. The van der Waals surface area contributed by atoms with Crippen molar-refractivity contribution in [1.82, 2.24) is 14.7 Å². The van der Waals surface area contributed by atoms with Crippen molar-refractivity contribution in [2.24, 2.45) is 13.0 Å². The molecule has 0 bridgehead atoms. The van der Waals surface area contributed by atoms with Gasteiger partial charge in [-0.1, -0.05) is 18.2 Å². The lowest BCUT2D eigenvalue weighted by Crippen LogP contribution is -2.47. The molecule has 1 aromatic heterocycles. The molecule has 1 fully saturated rings. The van der Waals surface area contributed by atoms with Gasteiger partial charge in [-0.25, -0.2) is 9.59 Å². The summed E-state index contributed by atoms with van der Waals surface area (Å²) in [6, 6.07) is 11.9. The Kier molecular flexibility index (Phi) is 5.94. The number of carboxylic acids is 1. The highest BCUT2D eigenvalue weighted by Crippen LogP contribution is 2.26. The molecule has 8 heteroatoms. The first-order valence-electron chi connectivity index (χ1n) is 10.7. The number of piperidine rings is 1. The number of nitrogens with zero attached hydrogens (tertiary/aromatic N) is 4. The van der Waals surface area contributed by atoms with E-state index in [0.29, 0.717) is 43.7 Å². The summed E-state index contributed by atoms with van der Waals surface area (Å²) in [5.74, 6) is -1.06. The molecule has 0 radical (unpaired) electrons. The standard InChI is InChI=1S/C24H26N4O4/c1-3-28(20-6-4-5-18(13-20)23(30)31)24(32)27-11-9-16(10-12-27)22(29)17-7-8-19-15-25-26(2)21(19)14-17/h4-8,13-16H,3,9-12H2,1-2H3,(H,30,31). The second-order valence-electron chi connectivity index (χ2n) is 8.05. The van der Waals surface area contributed by atoms with Crippen LogP contribution in [-0.4, -0.2) is 57.2 Å². The first kappa shape index (κ1) is 21.5. The van der Waals surface area contributed by atoms with Gasteiger partial charge in [0.05, 0.1) is 17.3 Å². The number of aryl methyl sites for hydroxylation is 1. The Morgan fingerprint density at radius 3 is 2.53 bits per heavy atom. The maximum atomic E-state index is 13.1. The third-order valence-electron chi connectivity index (χ3n) is 6.12. The molecule has 1 N–H and O–H groups in total. The number of Topliss-reactive ketones (excluding diaryl/α,β-unsaturated/α-hetero) is 1. The van der Waals surface area contributed by atoms with Crippen LogP contribution in [0.2, 0.25) is 0 Å². The quantitative estimate of drug-likeness (QED) is 0.616. The molecule has 0 aliphatic carbocycles. The molecule has 0 unspecified atom stereocenters. The molecule has 32 heavy (non-hydrogen) atoms. The fourth-order valence-corrected chi connectivity index (χ4v) is 4.27. The smallest absolute Gasteiger partial charge is 0.335 e. The van der Waals surface area contributed by atoms with Crippen LogP contribution in [0.4, 0.5) is 10.5 Å². The van der Waals surface area contributed by atoms with Gasteiger partial charge in [0.1, 0.15) is 0 Å². The molecule has 8 nitrogen and oxygen atoms in total. The van der Waals surface area contributed by atoms with E-state index in [-0.39, 0.29) is 23.3 Å². The lowest BCUT2D eigenvalue weighted by Gasteiger charge is -2.35. The van der Waals surface area contributed by atoms with Crippen LogP contribution in [0.15, 0.2) is 48.7 Å². The van der Waals surface area contributed by atoms with Gasteiger partial charge >= 0.3 is 12.0 Å². The third kappa shape index (κ3) is 4.08. The molecule has 4 rings (SSSR count). The zero-order chi connectivity index (χ0) is 22.8. The number of likely N-dealkylation sites (tertiary alicyclic amines) is 1. The predicted molar refractivity (Wildman–Crippen MR) is 121 cm³/mol. The molecule has 2 heterocycles. The number of anilines is 1. The molecule has 1 saturated heterocycles. The van der Waals surface area contributed by atoms with E-state index in [1.807, 2.05) is 32.2 Å². The summed E-state index contributed by atoms with van der Waals surface area (Å²) >= 11 is 0. The van der Waals surface area contributed by atoms with E-state index in [4.69, 9.17) is 0 Å². The number of aromatic carboxylic acids is 1. The number of ketones is 1. The van der Waals surface area contributed by atoms with Crippen molar-refractivity contribution in [2.75, 3.05) is 24.5 Å². The van der Waals surface area contributed by atoms with Gasteiger partial charge in [-0.3, -0.25) is 14.4 Å². The fraction of sp³-hybridized carbons (Fsp3) is 0.333. The van der Waals surface area contributed by atoms with Crippen LogP contribution in [0, 0.1) is 5.92 Å². The van der Waals surface area contributed by atoms with E-state index in [1.165, 1.54) is 12.1 Å². The highest BCUT2D eigenvalue weighted by Gasteiger charge is 2.30. The molecule has 0 spiro atoms. The average Bonchev–Trinajstić information content (AvgIpc) is 3.19. The summed E-state index contributed by atoms with van der Waals surface area (Å²) in [7, 11) is 1.85. The Morgan fingerprint density at radius 2 is 1.84 bits per heavy atom. The molecule has 2 aromatic carbocycles. The van der Waals surface area contributed by atoms with Crippen LogP contribution >= 0.6 is 0 Å². The summed E-state index contributed by atoms with van der Waals surface area (Å²) in [5, 5.41) is 14.5. The maximum absolute atomic E-state index is 13.1. The number of carbonyl (C=O) groups is 3. The molecule has 0 saturated carbocycles. The van der Waals surface area contributed by atoms with E-state index in [9.17, 15) is 19.5 Å². The number of carbonyl (C=O) groups excluding carboxylic acids is 2. The number of hydrogen-bond donors (Lipinski definition) is 1. The second kappa shape index (κ2) is 8.82. The third-order valence-corrected chi connectivity index (χ3v) is 6.12. The number of fused-ring (bicyclic) bond motifs is 1. The Hall–Kier alpha value is -3.68. The SMILES string of the molecule is CCN(C(=O)N1CCC(C(=O)c2ccc3cnn(C)c3c2)CC1)c1cccc(C(=O)O)c1. The molecule has 1 aliphatic rings. The second-order valence-corrected chi connectivity index (χ2v) is 8.05. The Labute approximate surface area is 186 Å². The molecule has 3 aromatic rings. The van der Waals surface area contributed by atoms with Crippen LogP contribution in [0.25, 0.3) is 10.9 Å². The normalized spacial score (nSPS) is 14.5. The molecule has 2 amide bonds. The molecule has 0 atom stereocenters. The van der Waals surface area contributed by atoms with Crippen LogP contribution in [0.1, 0.15) is 40.5 Å². The van der Waals surface area contributed by atoms with Gasteiger partial charge in [0, 0.05) is 49.2 Å². The molecule has 1 aliphatic heterocycles. The van der Waals surface area contributed by atoms with Crippen molar-refractivity contribution in [1.29, 1.82) is 0 Å². The number of rotatable bonds is 5. The van der Waals surface area contributed by atoms with Gasteiger partial charge in [-0.05, 0) is 44.0 Å². The summed E-state index contributed by atoms with van der Waals surface area (Å²) in [6.07, 6.45) is 2.97. The minimum Gasteiger partial charge on any atom is -0.478 e. The van der Waals surface area contributed by atoms with Gasteiger partial charge in [0.15, 0.2) is 5.78 Å². The number of benzene rings is 2. The van der Waals surface area contributed by atoms with Crippen molar-refractivity contribution >= 4 is 34.4 Å². The minimum absolute atomic E-state index is 0.0988. The zero-order valence-corrected chi connectivity index (χ0v) is 18.2. The van der Waals surface area contributed by atoms with E-state index < -0.39 is 5.97 Å². The number of hydrogen-bond acceptors (Lipinski definition) is 4. The van der Waals surface area contributed by atoms with Gasteiger partial charge < -0.3 is 10.0 Å². The van der Waals surface area contributed by atoms with Gasteiger partial charge in [0.2, 0.25) is 0 Å². The number of urea groups is 1. The Morgan fingerprint density at radius 1 is 1.09 bits per heavy atom. The lowest BCUT2D eigenvalue weighted by molar-refractivity contribution is 0.0696. The van der Waals surface area contributed by atoms with Gasteiger partial charge in [0.25, 0.3) is 0 Å². The van der Waals surface area contributed by atoms with E-state index in [2.05, 4.69) is 5.10 Å². The summed E-state index contributed by atoms with van der Waals surface area (Å²) in [5.41, 5.74) is 2.29. The molecule has 166 valence electrons. The van der Waals surface area contributed by atoms with Gasteiger partial charge in [-0.2, -0.15) is 5.10 Å². The lowest BCUT2D eigenvalue weighted by atomic mass is 9.88. The topological polar surface area (TPSA) is 95.7 Å². The number of carboxylic acid groups (broad SMARTS) is 1. The van der Waals surface area contributed by atoms with Crippen molar-refractivity contribution < 1.29 is 19.5 Å².